The van der Waals surface area contributed by atoms with Gasteiger partial charge in [-0.05, 0) is 44.9 Å². The van der Waals surface area contributed by atoms with E-state index in [0.29, 0.717) is 6.04 Å². The summed E-state index contributed by atoms with van der Waals surface area (Å²) in [6.07, 6.45) is 30.1. The molecule has 1 rings (SSSR count). The zero-order valence-electron chi connectivity index (χ0n) is 16.3. The van der Waals surface area contributed by atoms with Crippen molar-refractivity contribution >= 4 is 0 Å². The number of aromatic amines is 1. The third-order valence-corrected chi connectivity index (χ3v) is 4.91. The van der Waals surface area contributed by atoms with Crippen molar-refractivity contribution < 1.29 is 4.57 Å². The van der Waals surface area contributed by atoms with E-state index >= 15 is 0 Å². The van der Waals surface area contributed by atoms with Crippen molar-refractivity contribution in [1.29, 1.82) is 0 Å². The van der Waals surface area contributed by atoms with Crippen LogP contribution >= 0.6 is 0 Å². The van der Waals surface area contributed by atoms with Crippen LogP contribution in [0.5, 0.6) is 0 Å². The van der Waals surface area contributed by atoms with Gasteiger partial charge in [-0.1, -0.05) is 70.9 Å². The summed E-state index contributed by atoms with van der Waals surface area (Å²) in [7, 11) is 0. The zero-order chi connectivity index (χ0) is 17.3. The van der Waals surface area contributed by atoms with Crippen LogP contribution in [0, 0.1) is 0 Å². The lowest BCUT2D eigenvalue weighted by molar-refractivity contribution is -0.723. The number of hydrogen-bond donors (Lipinski definition) is 1. The van der Waals surface area contributed by atoms with E-state index in [4.69, 9.17) is 0 Å². The van der Waals surface area contributed by atoms with Crippen LogP contribution in [0.1, 0.15) is 110 Å². The number of H-pyrrole nitrogens is 1. The van der Waals surface area contributed by atoms with E-state index in [1.54, 1.807) is 0 Å². The molecule has 0 radical (unpaired) electrons. The first kappa shape index (κ1) is 21.0. The van der Waals surface area contributed by atoms with E-state index in [9.17, 15) is 0 Å². The minimum atomic E-state index is 0.685. The molecular formula is C22H41N2+. The summed E-state index contributed by atoms with van der Waals surface area (Å²) in [5.74, 6) is 0. The topological polar surface area (TPSA) is 19.7 Å². The van der Waals surface area contributed by atoms with Gasteiger partial charge in [0.2, 0.25) is 6.33 Å². The first-order chi connectivity index (χ1) is 11.9. The average molecular weight is 334 g/mol. The van der Waals surface area contributed by atoms with Gasteiger partial charge in [0.05, 0.1) is 0 Å². The van der Waals surface area contributed by atoms with E-state index in [0.717, 1.165) is 0 Å². The van der Waals surface area contributed by atoms with Gasteiger partial charge in [0.15, 0.2) is 0 Å². The fraction of sp³-hybridized carbons (Fsp3) is 0.773. The molecule has 1 unspecified atom stereocenters. The van der Waals surface area contributed by atoms with E-state index in [2.05, 4.69) is 48.1 Å². The van der Waals surface area contributed by atoms with Gasteiger partial charge in [0.1, 0.15) is 18.4 Å². The maximum Gasteiger partial charge on any atom is 0.241 e. The van der Waals surface area contributed by atoms with Gasteiger partial charge in [0.25, 0.3) is 0 Å². The molecule has 0 saturated carbocycles. The Morgan fingerprint density at radius 2 is 1.46 bits per heavy atom. The summed E-state index contributed by atoms with van der Waals surface area (Å²) in [5, 5.41) is 0. The van der Waals surface area contributed by atoms with Crippen molar-refractivity contribution in [3.8, 4) is 0 Å². The third kappa shape index (κ3) is 10.7. The second kappa shape index (κ2) is 15.5. The highest BCUT2D eigenvalue weighted by molar-refractivity contribution is 4.81. The molecule has 1 heterocycles. The summed E-state index contributed by atoms with van der Waals surface area (Å²) in [5.41, 5.74) is 0. The van der Waals surface area contributed by atoms with Gasteiger partial charge in [-0.15, -0.1) is 0 Å². The quantitative estimate of drug-likeness (QED) is 0.193. The summed E-state index contributed by atoms with van der Waals surface area (Å²) < 4.78 is 2.35. The molecule has 0 fully saturated rings. The van der Waals surface area contributed by atoms with E-state index in [1.165, 1.54) is 89.9 Å². The molecule has 1 N–H and O–H groups in total. The van der Waals surface area contributed by atoms with Gasteiger partial charge >= 0.3 is 0 Å². The molecule has 1 aromatic rings. The Labute approximate surface area is 150 Å². The average Bonchev–Trinajstić information content (AvgIpc) is 3.12. The van der Waals surface area contributed by atoms with Crippen LogP contribution in [0.15, 0.2) is 30.9 Å². The van der Waals surface area contributed by atoms with Crippen molar-refractivity contribution in [2.24, 2.45) is 0 Å². The van der Waals surface area contributed by atoms with Crippen LogP contribution in [-0.2, 0) is 0 Å². The molecule has 2 heteroatoms. The highest BCUT2D eigenvalue weighted by atomic mass is 15.0. The Kier molecular flexibility index (Phi) is 13.5. The van der Waals surface area contributed by atoms with Crippen molar-refractivity contribution in [3.05, 3.63) is 30.9 Å². The monoisotopic (exact) mass is 333 g/mol. The molecule has 0 bridgehead atoms. The van der Waals surface area contributed by atoms with Crippen LogP contribution in [0.25, 0.3) is 0 Å². The Morgan fingerprint density at radius 3 is 2.08 bits per heavy atom. The Hall–Kier alpha value is -1.05. The minimum Gasteiger partial charge on any atom is -0.250 e. The molecular weight excluding hydrogens is 292 g/mol. The van der Waals surface area contributed by atoms with Gasteiger partial charge in [-0.3, -0.25) is 4.98 Å². The number of aromatic nitrogens is 2. The predicted molar refractivity (Wildman–Crippen MR) is 105 cm³/mol. The molecule has 138 valence electrons. The molecule has 0 aliphatic rings. The number of imidazole rings is 1. The third-order valence-electron chi connectivity index (χ3n) is 4.91. The SMILES string of the molecule is CCCCCCCCC=CCCCCCC(CCC)[n+]1cc[nH]c1. The number of unbranched alkanes of at least 4 members (excludes halogenated alkanes) is 9. The van der Waals surface area contributed by atoms with Gasteiger partial charge in [0, 0.05) is 0 Å². The van der Waals surface area contributed by atoms with E-state index in [1.807, 2.05) is 6.20 Å². The Balaban J connectivity index is 1.94. The van der Waals surface area contributed by atoms with E-state index in [-0.39, 0.29) is 0 Å². The molecule has 0 aromatic carbocycles. The van der Waals surface area contributed by atoms with E-state index < -0.39 is 0 Å². The van der Waals surface area contributed by atoms with Gasteiger partial charge in [-0.2, -0.15) is 0 Å². The first-order valence-electron chi connectivity index (χ1n) is 10.6. The molecule has 1 atom stereocenters. The molecule has 2 nitrogen and oxygen atoms in total. The van der Waals surface area contributed by atoms with Crippen LogP contribution < -0.4 is 4.57 Å². The zero-order valence-corrected chi connectivity index (χ0v) is 16.3. The predicted octanol–water partition coefficient (Wildman–Crippen LogP) is 6.90. The highest BCUT2D eigenvalue weighted by Crippen LogP contribution is 2.16. The molecule has 0 amide bonds. The summed E-state index contributed by atoms with van der Waals surface area (Å²) in [4.78, 5) is 3.17. The first-order valence-corrected chi connectivity index (χ1v) is 10.6. The van der Waals surface area contributed by atoms with Gasteiger partial charge < -0.3 is 0 Å². The van der Waals surface area contributed by atoms with Crippen LogP contribution in [0.4, 0.5) is 0 Å². The van der Waals surface area contributed by atoms with Crippen molar-refractivity contribution in [2.75, 3.05) is 0 Å². The second-order valence-electron chi connectivity index (χ2n) is 7.17. The lowest BCUT2D eigenvalue weighted by atomic mass is 10.0. The maximum absolute atomic E-state index is 3.17. The highest BCUT2D eigenvalue weighted by Gasteiger charge is 2.13. The molecule has 24 heavy (non-hydrogen) atoms. The Morgan fingerprint density at radius 1 is 0.792 bits per heavy atom. The number of rotatable bonds is 16. The van der Waals surface area contributed by atoms with Crippen molar-refractivity contribution in [3.63, 3.8) is 0 Å². The normalized spacial score (nSPS) is 12.9. The Bertz CT molecular complexity index is 381. The largest absolute Gasteiger partial charge is 0.250 e. The lowest BCUT2D eigenvalue weighted by Crippen LogP contribution is -2.36. The van der Waals surface area contributed by atoms with Crippen molar-refractivity contribution in [1.82, 2.24) is 4.98 Å². The second-order valence-corrected chi connectivity index (χ2v) is 7.17. The fourth-order valence-electron chi connectivity index (χ4n) is 3.40. The lowest BCUT2D eigenvalue weighted by Gasteiger charge is -2.12. The summed E-state index contributed by atoms with van der Waals surface area (Å²) in [6, 6.07) is 0.685. The molecule has 0 saturated heterocycles. The van der Waals surface area contributed by atoms with Crippen LogP contribution in [0.3, 0.4) is 0 Å². The van der Waals surface area contributed by atoms with Crippen LogP contribution in [-0.4, -0.2) is 4.98 Å². The number of hydrogen-bond acceptors (Lipinski definition) is 0. The summed E-state index contributed by atoms with van der Waals surface area (Å²) in [6.45, 7) is 4.57. The van der Waals surface area contributed by atoms with Gasteiger partial charge in [-0.25, -0.2) is 4.57 Å². The fourth-order valence-corrected chi connectivity index (χ4v) is 3.40. The molecule has 1 aromatic heterocycles. The standard InChI is InChI=1S/C22H40N2/c1-3-5-6-7-8-9-10-11-12-13-14-15-16-18-22(17-4-2)24-20-19-23-21-24/h11-12,19-22H,3-10,13-18H2,1-2H3/p+1. The molecule has 0 aliphatic carbocycles. The summed E-state index contributed by atoms with van der Waals surface area (Å²) >= 11 is 0. The number of allylic oxidation sites excluding steroid dienone is 2. The minimum absolute atomic E-state index is 0.685. The number of nitrogens with one attached hydrogen (secondary N) is 1. The number of nitrogens with zero attached hydrogens (tertiary/aromatic N) is 1. The smallest absolute Gasteiger partial charge is 0.241 e. The molecule has 0 spiro atoms. The van der Waals surface area contributed by atoms with Crippen molar-refractivity contribution in [2.45, 2.75) is 110 Å². The maximum atomic E-state index is 3.17. The van der Waals surface area contributed by atoms with Crippen LogP contribution in [0.2, 0.25) is 0 Å². The molecule has 0 aliphatic heterocycles.